The van der Waals surface area contributed by atoms with E-state index < -0.39 is 35.6 Å². The van der Waals surface area contributed by atoms with E-state index in [0.29, 0.717) is 6.42 Å². The summed E-state index contributed by atoms with van der Waals surface area (Å²) < 4.78 is 78.9. The zero-order valence-corrected chi connectivity index (χ0v) is 13.0. The van der Waals surface area contributed by atoms with Gasteiger partial charge in [0.05, 0.1) is 6.42 Å². The molecule has 0 fully saturated rings. The van der Waals surface area contributed by atoms with Crippen molar-refractivity contribution in [2.75, 3.05) is 0 Å². The van der Waals surface area contributed by atoms with E-state index in [-0.39, 0.29) is 11.1 Å². The van der Waals surface area contributed by atoms with Crippen LogP contribution in [0.3, 0.4) is 0 Å². The van der Waals surface area contributed by atoms with Crippen LogP contribution in [0.4, 0.5) is 26.3 Å². The molecule has 130 valence electrons. The summed E-state index contributed by atoms with van der Waals surface area (Å²) in [6, 6.07) is 5.78. The number of alkyl halides is 3. The summed E-state index contributed by atoms with van der Waals surface area (Å²) in [5.41, 5.74) is -0.485. The van der Waals surface area contributed by atoms with Crippen LogP contribution in [0, 0.1) is 17.5 Å². The second-order valence-corrected chi connectivity index (χ2v) is 5.63. The lowest BCUT2D eigenvalue weighted by Gasteiger charge is -2.12. The number of benzene rings is 2. The third-order valence-electron chi connectivity index (χ3n) is 3.68. The first kappa shape index (κ1) is 18.4. The largest absolute Gasteiger partial charge is 0.393 e. The maximum Gasteiger partial charge on any atom is 0.393 e. The molecular weight excluding hydrogens is 330 g/mol. The molecule has 0 aliphatic carbocycles. The zero-order chi connectivity index (χ0) is 17.9. The van der Waals surface area contributed by atoms with E-state index in [9.17, 15) is 26.3 Å². The van der Waals surface area contributed by atoms with Crippen LogP contribution >= 0.6 is 0 Å². The van der Waals surface area contributed by atoms with Crippen molar-refractivity contribution in [2.24, 2.45) is 0 Å². The summed E-state index contributed by atoms with van der Waals surface area (Å²) >= 11 is 0. The molecule has 2 rings (SSSR count). The van der Waals surface area contributed by atoms with Crippen molar-refractivity contribution in [3.05, 3.63) is 58.9 Å². The van der Waals surface area contributed by atoms with E-state index in [1.807, 2.05) is 6.92 Å². The Hall–Kier alpha value is -1.98. The Morgan fingerprint density at radius 1 is 0.875 bits per heavy atom. The van der Waals surface area contributed by atoms with Crippen molar-refractivity contribution in [3.63, 3.8) is 0 Å². The topological polar surface area (TPSA) is 0 Å². The van der Waals surface area contributed by atoms with E-state index in [1.54, 1.807) is 6.07 Å². The van der Waals surface area contributed by atoms with Gasteiger partial charge >= 0.3 is 6.18 Å². The van der Waals surface area contributed by atoms with E-state index in [2.05, 4.69) is 0 Å². The minimum absolute atomic E-state index is 0.0494. The predicted octanol–water partition coefficient (Wildman–Crippen LogP) is 6.22. The number of hydrogen-bond acceptors (Lipinski definition) is 0. The van der Waals surface area contributed by atoms with Gasteiger partial charge in [-0.25, -0.2) is 13.2 Å². The lowest BCUT2D eigenvalue weighted by atomic mass is 9.98. The Labute approximate surface area is 136 Å². The summed E-state index contributed by atoms with van der Waals surface area (Å²) in [7, 11) is 0. The van der Waals surface area contributed by atoms with Gasteiger partial charge in [-0.2, -0.15) is 13.2 Å². The molecule has 0 bridgehead atoms. The van der Waals surface area contributed by atoms with Crippen molar-refractivity contribution in [3.8, 4) is 11.1 Å². The highest BCUT2D eigenvalue weighted by atomic mass is 19.4. The van der Waals surface area contributed by atoms with Gasteiger partial charge in [-0.15, -0.1) is 0 Å². The van der Waals surface area contributed by atoms with Gasteiger partial charge in [-0.3, -0.25) is 0 Å². The summed E-state index contributed by atoms with van der Waals surface area (Å²) in [4.78, 5) is 0. The van der Waals surface area contributed by atoms with Crippen LogP contribution in [0.5, 0.6) is 0 Å². The second-order valence-electron chi connectivity index (χ2n) is 5.63. The first-order chi connectivity index (χ1) is 11.2. The normalized spacial score (nSPS) is 11.8. The van der Waals surface area contributed by atoms with Crippen molar-refractivity contribution in [2.45, 2.75) is 38.8 Å². The van der Waals surface area contributed by atoms with Crippen LogP contribution in [-0.2, 0) is 12.8 Å². The molecule has 0 aliphatic rings. The van der Waals surface area contributed by atoms with Crippen LogP contribution < -0.4 is 0 Å². The number of unbranched alkanes of at least 4 members (excludes halogenated alkanes) is 1. The molecule has 2 aromatic carbocycles. The third-order valence-corrected chi connectivity index (χ3v) is 3.68. The number of rotatable bonds is 5. The molecule has 0 radical (unpaired) electrons. The van der Waals surface area contributed by atoms with Crippen molar-refractivity contribution >= 4 is 0 Å². The molecule has 0 N–H and O–H groups in total. The smallest absolute Gasteiger partial charge is 0.207 e. The molecule has 2 aromatic rings. The van der Waals surface area contributed by atoms with Gasteiger partial charge in [0.1, 0.15) is 17.5 Å². The molecule has 0 atom stereocenters. The van der Waals surface area contributed by atoms with E-state index >= 15 is 0 Å². The molecular formula is C18H16F6. The fraction of sp³-hybridized carbons (Fsp3) is 0.333. The fourth-order valence-electron chi connectivity index (χ4n) is 2.46. The molecule has 0 amide bonds. The zero-order valence-electron chi connectivity index (χ0n) is 13.0. The minimum Gasteiger partial charge on any atom is -0.207 e. The lowest BCUT2D eigenvalue weighted by Crippen LogP contribution is -2.14. The van der Waals surface area contributed by atoms with Crippen LogP contribution in [0.15, 0.2) is 30.3 Å². The quantitative estimate of drug-likeness (QED) is 0.564. The maximum atomic E-state index is 14.2. The van der Waals surface area contributed by atoms with Crippen LogP contribution in [0.25, 0.3) is 11.1 Å². The van der Waals surface area contributed by atoms with E-state index in [0.717, 1.165) is 30.5 Å². The molecule has 0 heterocycles. The maximum absolute atomic E-state index is 14.2. The fourth-order valence-corrected chi connectivity index (χ4v) is 2.46. The molecule has 0 nitrogen and oxygen atoms in total. The van der Waals surface area contributed by atoms with Gasteiger partial charge in [0.2, 0.25) is 0 Å². The molecule has 6 heteroatoms. The van der Waals surface area contributed by atoms with Crippen molar-refractivity contribution in [1.29, 1.82) is 0 Å². The monoisotopic (exact) mass is 346 g/mol. The molecule has 0 saturated heterocycles. The van der Waals surface area contributed by atoms with E-state index in [4.69, 9.17) is 0 Å². The summed E-state index contributed by atoms with van der Waals surface area (Å²) in [5, 5.41) is 0. The standard InChI is InChI=1S/C18H16F6/c1-2-3-4-11-5-6-13(15(19)7-11)12-8-16(20)14(17(21)9-12)10-18(22,23)24/h5-9H,2-4,10H2,1H3. The average Bonchev–Trinajstić information content (AvgIpc) is 2.48. The van der Waals surface area contributed by atoms with Crippen LogP contribution in [0.1, 0.15) is 30.9 Å². The highest BCUT2D eigenvalue weighted by Crippen LogP contribution is 2.30. The number of halogens is 6. The Bertz CT molecular complexity index is 695. The molecule has 0 unspecified atom stereocenters. The van der Waals surface area contributed by atoms with Gasteiger partial charge in [-0.05, 0) is 42.2 Å². The summed E-state index contributed by atoms with van der Waals surface area (Å²) in [6.07, 6.45) is -3.92. The molecule has 0 saturated carbocycles. The van der Waals surface area contributed by atoms with Gasteiger partial charge in [0.15, 0.2) is 0 Å². The first-order valence-electron chi connectivity index (χ1n) is 7.54. The molecule has 24 heavy (non-hydrogen) atoms. The van der Waals surface area contributed by atoms with Gasteiger partial charge in [-0.1, -0.05) is 25.5 Å². The van der Waals surface area contributed by atoms with Crippen molar-refractivity contribution < 1.29 is 26.3 Å². The van der Waals surface area contributed by atoms with Crippen molar-refractivity contribution in [1.82, 2.24) is 0 Å². The predicted molar refractivity (Wildman–Crippen MR) is 80.1 cm³/mol. The Balaban J connectivity index is 2.36. The lowest BCUT2D eigenvalue weighted by molar-refractivity contribution is -0.128. The Morgan fingerprint density at radius 3 is 2.00 bits per heavy atom. The number of hydrogen-bond donors (Lipinski definition) is 0. The van der Waals surface area contributed by atoms with Crippen LogP contribution in [-0.4, -0.2) is 6.18 Å². The van der Waals surface area contributed by atoms with Gasteiger partial charge in [0.25, 0.3) is 0 Å². The second kappa shape index (κ2) is 7.28. The van der Waals surface area contributed by atoms with Crippen LogP contribution in [0.2, 0.25) is 0 Å². The SMILES string of the molecule is CCCCc1ccc(-c2cc(F)c(CC(F)(F)F)c(F)c2)c(F)c1. The van der Waals surface area contributed by atoms with Gasteiger partial charge < -0.3 is 0 Å². The summed E-state index contributed by atoms with van der Waals surface area (Å²) in [6.45, 7) is 2.00. The summed E-state index contributed by atoms with van der Waals surface area (Å²) in [5.74, 6) is -3.33. The minimum atomic E-state index is -4.73. The third kappa shape index (κ3) is 4.52. The first-order valence-corrected chi connectivity index (χ1v) is 7.54. The Morgan fingerprint density at radius 2 is 1.50 bits per heavy atom. The highest BCUT2D eigenvalue weighted by molar-refractivity contribution is 5.65. The molecule has 0 aromatic heterocycles. The number of aryl methyl sites for hydroxylation is 1. The Kier molecular flexibility index (Phi) is 5.57. The molecule has 0 aliphatic heterocycles. The van der Waals surface area contributed by atoms with E-state index in [1.165, 1.54) is 12.1 Å². The van der Waals surface area contributed by atoms with Gasteiger partial charge in [0, 0.05) is 11.1 Å². The average molecular weight is 346 g/mol. The highest BCUT2D eigenvalue weighted by Gasteiger charge is 2.31. The molecule has 0 spiro atoms.